The van der Waals surface area contributed by atoms with Gasteiger partial charge in [-0.3, -0.25) is 19.8 Å². The molecular formula is C23H21N3O4. The molecule has 0 aliphatic carbocycles. The van der Waals surface area contributed by atoms with Crippen LogP contribution in [0.25, 0.3) is 11.8 Å². The number of carbonyl (C=O) groups excluding carboxylic acids is 3. The predicted octanol–water partition coefficient (Wildman–Crippen LogP) is 3.66. The summed E-state index contributed by atoms with van der Waals surface area (Å²) >= 11 is 0. The van der Waals surface area contributed by atoms with Gasteiger partial charge >= 0.3 is 6.03 Å². The van der Waals surface area contributed by atoms with Gasteiger partial charge in [0.25, 0.3) is 11.8 Å². The van der Waals surface area contributed by atoms with E-state index in [1.165, 1.54) is 12.3 Å². The van der Waals surface area contributed by atoms with E-state index < -0.39 is 17.8 Å². The molecule has 7 nitrogen and oxygen atoms in total. The second-order valence-corrected chi connectivity index (χ2v) is 7.24. The zero-order valence-corrected chi connectivity index (χ0v) is 16.9. The van der Waals surface area contributed by atoms with E-state index in [1.807, 2.05) is 51.1 Å². The number of carbonyl (C=O) groups is 3. The number of rotatable bonds is 4. The Bertz CT molecular complexity index is 1190. The standard InChI is InChI=1S/C23H21N3O4/c1-14-7-4-5-9-20(14)26-15(2)11-17(16(26)3)12-19-21(27)24-23(29)25(22(19)28)13-18-8-6-10-30-18/h4-12H,13H2,1-3H3,(H,24,27,29)/b19-12-. The van der Waals surface area contributed by atoms with Crippen molar-refractivity contribution < 1.29 is 18.8 Å². The molecule has 7 heteroatoms. The van der Waals surface area contributed by atoms with Crippen LogP contribution in [0.2, 0.25) is 0 Å². The third kappa shape index (κ3) is 3.34. The van der Waals surface area contributed by atoms with Gasteiger partial charge in [-0.2, -0.15) is 0 Å². The van der Waals surface area contributed by atoms with Crippen LogP contribution in [0.1, 0.15) is 28.3 Å². The molecule has 30 heavy (non-hydrogen) atoms. The number of aryl methyl sites for hydroxylation is 2. The minimum Gasteiger partial charge on any atom is -0.467 e. The van der Waals surface area contributed by atoms with E-state index in [0.29, 0.717) is 5.76 Å². The van der Waals surface area contributed by atoms with Gasteiger partial charge in [0.1, 0.15) is 11.3 Å². The van der Waals surface area contributed by atoms with Crippen molar-refractivity contribution in [1.29, 1.82) is 0 Å². The zero-order valence-electron chi connectivity index (χ0n) is 16.9. The van der Waals surface area contributed by atoms with Gasteiger partial charge < -0.3 is 8.98 Å². The Labute approximate surface area is 173 Å². The first-order valence-corrected chi connectivity index (χ1v) is 9.53. The molecule has 0 unspecified atom stereocenters. The molecule has 1 aliphatic rings. The first-order valence-electron chi connectivity index (χ1n) is 9.53. The van der Waals surface area contributed by atoms with E-state index in [0.717, 1.165) is 33.1 Å². The van der Waals surface area contributed by atoms with Crippen LogP contribution >= 0.6 is 0 Å². The summed E-state index contributed by atoms with van der Waals surface area (Å²) in [4.78, 5) is 38.5. The van der Waals surface area contributed by atoms with E-state index in [-0.39, 0.29) is 12.1 Å². The molecule has 1 fully saturated rings. The van der Waals surface area contributed by atoms with E-state index >= 15 is 0 Å². The molecule has 152 valence electrons. The van der Waals surface area contributed by atoms with E-state index in [2.05, 4.69) is 9.88 Å². The van der Waals surface area contributed by atoms with Gasteiger partial charge in [-0.15, -0.1) is 0 Å². The van der Waals surface area contributed by atoms with Crippen molar-refractivity contribution in [3.05, 3.63) is 82.6 Å². The molecule has 0 saturated carbocycles. The third-order valence-corrected chi connectivity index (χ3v) is 5.21. The Morgan fingerprint density at radius 2 is 1.80 bits per heavy atom. The van der Waals surface area contributed by atoms with Crippen molar-refractivity contribution in [2.75, 3.05) is 0 Å². The Morgan fingerprint density at radius 1 is 1.03 bits per heavy atom. The number of amides is 4. The second-order valence-electron chi connectivity index (χ2n) is 7.24. The summed E-state index contributed by atoms with van der Waals surface area (Å²) in [6, 6.07) is 12.5. The van der Waals surface area contributed by atoms with Crippen LogP contribution in [0.3, 0.4) is 0 Å². The number of nitrogens with one attached hydrogen (secondary N) is 1. The van der Waals surface area contributed by atoms with Crippen LogP contribution in [-0.2, 0) is 16.1 Å². The number of hydrogen-bond donors (Lipinski definition) is 1. The zero-order chi connectivity index (χ0) is 21.4. The lowest BCUT2D eigenvalue weighted by Crippen LogP contribution is -2.53. The number of aromatic nitrogens is 1. The molecule has 1 aliphatic heterocycles. The summed E-state index contributed by atoms with van der Waals surface area (Å²) in [7, 11) is 0. The first kappa shape index (κ1) is 19.4. The van der Waals surface area contributed by atoms with Gasteiger partial charge in [0.05, 0.1) is 12.8 Å². The van der Waals surface area contributed by atoms with E-state index in [9.17, 15) is 14.4 Å². The maximum Gasteiger partial charge on any atom is 0.331 e. The number of benzene rings is 1. The van der Waals surface area contributed by atoms with Gasteiger partial charge in [-0.25, -0.2) is 4.79 Å². The Kier molecular flexibility index (Phi) is 4.87. The number of nitrogens with zero attached hydrogens (tertiary/aromatic N) is 2. The molecule has 3 aromatic rings. The lowest BCUT2D eigenvalue weighted by molar-refractivity contribution is -0.130. The summed E-state index contributed by atoms with van der Waals surface area (Å²) in [6.07, 6.45) is 3.00. The Balaban J connectivity index is 1.72. The van der Waals surface area contributed by atoms with Gasteiger partial charge in [0, 0.05) is 17.1 Å². The van der Waals surface area contributed by atoms with Crippen LogP contribution in [0, 0.1) is 20.8 Å². The van der Waals surface area contributed by atoms with E-state index in [1.54, 1.807) is 12.1 Å². The molecule has 1 aromatic carbocycles. The molecule has 1 N–H and O–H groups in total. The summed E-state index contributed by atoms with van der Waals surface area (Å²) < 4.78 is 7.31. The van der Waals surface area contributed by atoms with Gasteiger partial charge in [0.15, 0.2) is 0 Å². The summed E-state index contributed by atoms with van der Waals surface area (Å²) in [5.41, 5.74) is 4.66. The highest BCUT2D eigenvalue weighted by Gasteiger charge is 2.36. The Morgan fingerprint density at radius 3 is 2.50 bits per heavy atom. The summed E-state index contributed by atoms with van der Waals surface area (Å²) in [5, 5.41) is 2.23. The molecule has 3 heterocycles. The lowest BCUT2D eigenvalue weighted by Gasteiger charge is -2.25. The number of hydrogen-bond acceptors (Lipinski definition) is 4. The molecule has 2 aromatic heterocycles. The number of urea groups is 1. The van der Waals surface area contributed by atoms with Crippen molar-refractivity contribution >= 4 is 23.9 Å². The molecule has 4 amide bonds. The quantitative estimate of drug-likeness (QED) is 0.532. The van der Waals surface area contributed by atoms with Crippen LogP contribution in [-0.4, -0.2) is 27.3 Å². The number of imide groups is 2. The minimum atomic E-state index is -0.760. The van der Waals surface area contributed by atoms with Gasteiger partial charge in [-0.05, 0) is 62.2 Å². The lowest BCUT2D eigenvalue weighted by atomic mass is 10.1. The molecule has 1 saturated heterocycles. The number of para-hydroxylation sites is 1. The topological polar surface area (TPSA) is 84.6 Å². The minimum absolute atomic E-state index is 0.0511. The fourth-order valence-corrected chi connectivity index (χ4v) is 3.67. The first-order chi connectivity index (χ1) is 14.4. The number of furan rings is 1. The predicted molar refractivity (Wildman–Crippen MR) is 111 cm³/mol. The SMILES string of the molecule is Cc1ccccc1-n1c(C)cc(/C=C2/C(=O)NC(=O)N(Cc3ccco3)C2=O)c1C. The molecule has 0 atom stereocenters. The molecule has 0 bridgehead atoms. The maximum absolute atomic E-state index is 12.9. The van der Waals surface area contributed by atoms with Crippen molar-refractivity contribution in [1.82, 2.24) is 14.8 Å². The average molecular weight is 403 g/mol. The normalized spacial score (nSPS) is 15.8. The monoisotopic (exact) mass is 403 g/mol. The highest BCUT2D eigenvalue weighted by atomic mass is 16.3. The van der Waals surface area contributed by atoms with Gasteiger partial charge in [0.2, 0.25) is 0 Å². The Hall–Kier alpha value is -3.87. The molecular weight excluding hydrogens is 382 g/mol. The highest BCUT2D eigenvalue weighted by molar-refractivity contribution is 6.31. The third-order valence-electron chi connectivity index (χ3n) is 5.21. The highest BCUT2D eigenvalue weighted by Crippen LogP contribution is 2.26. The maximum atomic E-state index is 12.9. The van der Waals surface area contributed by atoms with Crippen LogP contribution in [0.5, 0.6) is 0 Å². The smallest absolute Gasteiger partial charge is 0.331 e. The summed E-state index contributed by atoms with van der Waals surface area (Å²) in [6.45, 7) is 5.88. The van der Waals surface area contributed by atoms with Crippen LogP contribution < -0.4 is 5.32 Å². The fourth-order valence-electron chi connectivity index (χ4n) is 3.67. The number of barbiturate groups is 1. The van der Waals surface area contributed by atoms with Crippen molar-refractivity contribution in [2.45, 2.75) is 27.3 Å². The molecule has 0 radical (unpaired) electrons. The van der Waals surface area contributed by atoms with Crippen molar-refractivity contribution in [3.8, 4) is 5.69 Å². The summed E-state index contributed by atoms with van der Waals surface area (Å²) in [5.74, 6) is -0.910. The molecule has 0 spiro atoms. The van der Waals surface area contributed by atoms with Gasteiger partial charge in [-0.1, -0.05) is 18.2 Å². The van der Waals surface area contributed by atoms with Crippen molar-refractivity contribution in [3.63, 3.8) is 0 Å². The molecule has 4 rings (SSSR count). The van der Waals surface area contributed by atoms with Crippen LogP contribution in [0.4, 0.5) is 4.79 Å². The van der Waals surface area contributed by atoms with E-state index in [4.69, 9.17) is 4.42 Å². The average Bonchev–Trinajstić information content (AvgIpc) is 3.31. The fraction of sp³-hybridized carbons (Fsp3) is 0.174. The second kappa shape index (κ2) is 7.51. The largest absolute Gasteiger partial charge is 0.467 e. The van der Waals surface area contributed by atoms with Crippen molar-refractivity contribution in [2.24, 2.45) is 0 Å². The van der Waals surface area contributed by atoms with Crippen LogP contribution in [0.15, 0.2) is 58.7 Å².